The Bertz CT molecular complexity index is 498. The summed E-state index contributed by atoms with van der Waals surface area (Å²) in [6.45, 7) is 0. The van der Waals surface area contributed by atoms with Gasteiger partial charge in [0.05, 0.1) is 10.0 Å². The SMILES string of the molecule is Nc1cc(-c2ccc(Cl)c(Cl)c2)ccn1. The van der Waals surface area contributed by atoms with Crippen molar-refractivity contribution >= 4 is 29.0 Å². The Hall–Kier alpha value is -1.25. The molecule has 0 atom stereocenters. The Kier molecular flexibility index (Phi) is 2.80. The van der Waals surface area contributed by atoms with E-state index in [1.54, 1.807) is 24.4 Å². The molecule has 0 aliphatic rings. The van der Waals surface area contributed by atoms with E-state index in [4.69, 9.17) is 28.9 Å². The Labute approximate surface area is 97.7 Å². The smallest absolute Gasteiger partial charge is 0.123 e. The first-order valence-electron chi connectivity index (χ1n) is 4.34. The van der Waals surface area contributed by atoms with Crippen LogP contribution in [0.2, 0.25) is 10.0 Å². The molecule has 2 aromatic rings. The predicted octanol–water partition coefficient (Wildman–Crippen LogP) is 3.64. The lowest BCUT2D eigenvalue weighted by Gasteiger charge is -2.03. The van der Waals surface area contributed by atoms with Crippen molar-refractivity contribution in [3.8, 4) is 11.1 Å². The van der Waals surface area contributed by atoms with Gasteiger partial charge in [0.2, 0.25) is 0 Å². The highest BCUT2D eigenvalue weighted by Gasteiger charge is 2.02. The van der Waals surface area contributed by atoms with E-state index in [0.717, 1.165) is 11.1 Å². The van der Waals surface area contributed by atoms with Crippen LogP contribution < -0.4 is 5.73 Å². The van der Waals surface area contributed by atoms with Crippen LogP contribution in [0.1, 0.15) is 0 Å². The summed E-state index contributed by atoms with van der Waals surface area (Å²) in [4.78, 5) is 3.92. The van der Waals surface area contributed by atoms with E-state index in [9.17, 15) is 0 Å². The van der Waals surface area contributed by atoms with Crippen LogP contribution in [0, 0.1) is 0 Å². The molecule has 1 heterocycles. The molecular weight excluding hydrogens is 231 g/mol. The van der Waals surface area contributed by atoms with Crippen molar-refractivity contribution in [2.75, 3.05) is 5.73 Å². The maximum Gasteiger partial charge on any atom is 0.123 e. The number of rotatable bonds is 1. The molecule has 0 amide bonds. The molecule has 1 aromatic carbocycles. The molecule has 0 bridgehead atoms. The summed E-state index contributed by atoms with van der Waals surface area (Å²) in [5.74, 6) is 0.485. The van der Waals surface area contributed by atoms with Gasteiger partial charge < -0.3 is 5.73 Å². The number of nitrogens with two attached hydrogens (primary N) is 1. The van der Waals surface area contributed by atoms with Gasteiger partial charge in [0.25, 0.3) is 0 Å². The monoisotopic (exact) mass is 238 g/mol. The molecule has 76 valence electrons. The summed E-state index contributed by atoms with van der Waals surface area (Å²) in [5.41, 5.74) is 7.54. The largest absolute Gasteiger partial charge is 0.384 e. The minimum Gasteiger partial charge on any atom is -0.384 e. The van der Waals surface area contributed by atoms with Gasteiger partial charge in [0.1, 0.15) is 5.82 Å². The first-order chi connectivity index (χ1) is 7.16. The minimum atomic E-state index is 0.485. The van der Waals surface area contributed by atoms with E-state index in [1.807, 2.05) is 12.1 Å². The third-order valence-corrected chi connectivity index (χ3v) is 2.77. The van der Waals surface area contributed by atoms with Crippen LogP contribution in [0.25, 0.3) is 11.1 Å². The van der Waals surface area contributed by atoms with Crippen molar-refractivity contribution in [2.24, 2.45) is 0 Å². The van der Waals surface area contributed by atoms with Crippen LogP contribution in [-0.4, -0.2) is 4.98 Å². The van der Waals surface area contributed by atoms with E-state index in [0.29, 0.717) is 15.9 Å². The van der Waals surface area contributed by atoms with Gasteiger partial charge in [0.15, 0.2) is 0 Å². The van der Waals surface area contributed by atoms with Crippen molar-refractivity contribution in [3.05, 3.63) is 46.6 Å². The van der Waals surface area contributed by atoms with Crippen LogP contribution in [-0.2, 0) is 0 Å². The maximum absolute atomic E-state index is 5.92. The van der Waals surface area contributed by atoms with E-state index >= 15 is 0 Å². The average Bonchev–Trinajstić information content (AvgIpc) is 2.22. The number of nitrogen functional groups attached to an aromatic ring is 1. The Morgan fingerprint density at radius 3 is 2.33 bits per heavy atom. The fourth-order valence-electron chi connectivity index (χ4n) is 1.30. The zero-order valence-electron chi connectivity index (χ0n) is 7.74. The zero-order chi connectivity index (χ0) is 10.8. The number of anilines is 1. The molecule has 0 saturated heterocycles. The Morgan fingerprint density at radius 1 is 0.933 bits per heavy atom. The molecule has 0 unspecified atom stereocenters. The fourth-order valence-corrected chi connectivity index (χ4v) is 1.60. The van der Waals surface area contributed by atoms with Crippen molar-refractivity contribution in [3.63, 3.8) is 0 Å². The summed E-state index contributed by atoms with van der Waals surface area (Å²) >= 11 is 11.8. The zero-order valence-corrected chi connectivity index (χ0v) is 9.26. The van der Waals surface area contributed by atoms with Crippen molar-refractivity contribution < 1.29 is 0 Å². The Balaban J connectivity index is 2.50. The van der Waals surface area contributed by atoms with Gasteiger partial charge in [-0.3, -0.25) is 0 Å². The van der Waals surface area contributed by atoms with Crippen LogP contribution in [0.4, 0.5) is 5.82 Å². The van der Waals surface area contributed by atoms with Crippen LogP contribution in [0.5, 0.6) is 0 Å². The highest BCUT2D eigenvalue weighted by atomic mass is 35.5. The van der Waals surface area contributed by atoms with Crippen molar-refractivity contribution in [2.45, 2.75) is 0 Å². The molecule has 0 radical (unpaired) electrons. The standard InChI is InChI=1S/C11H8Cl2N2/c12-9-2-1-7(5-10(9)13)8-3-4-15-11(14)6-8/h1-6H,(H2,14,15). The normalized spacial score (nSPS) is 10.3. The number of benzene rings is 1. The van der Waals surface area contributed by atoms with E-state index in [2.05, 4.69) is 4.98 Å². The molecule has 0 aliphatic carbocycles. The topological polar surface area (TPSA) is 38.9 Å². The number of hydrogen-bond acceptors (Lipinski definition) is 2. The molecule has 0 spiro atoms. The van der Waals surface area contributed by atoms with Crippen LogP contribution >= 0.6 is 23.2 Å². The molecule has 1 aromatic heterocycles. The lowest BCUT2D eigenvalue weighted by atomic mass is 10.1. The molecule has 0 aliphatic heterocycles. The maximum atomic E-state index is 5.92. The van der Waals surface area contributed by atoms with Gasteiger partial charge in [0, 0.05) is 6.20 Å². The summed E-state index contributed by atoms with van der Waals surface area (Å²) < 4.78 is 0. The molecule has 2 rings (SSSR count). The summed E-state index contributed by atoms with van der Waals surface area (Å²) in [6, 6.07) is 9.12. The second-order valence-electron chi connectivity index (χ2n) is 3.10. The first-order valence-corrected chi connectivity index (χ1v) is 5.09. The molecule has 0 fully saturated rings. The van der Waals surface area contributed by atoms with Gasteiger partial charge in [-0.25, -0.2) is 4.98 Å². The van der Waals surface area contributed by atoms with Crippen molar-refractivity contribution in [1.82, 2.24) is 4.98 Å². The third kappa shape index (κ3) is 2.22. The highest BCUT2D eigenvalue weighted by Crippen LogP contribution is 2.28. The van der Waals surface area contributed by atoms with Gasteiger partial charge in [-0.1, -0.05) is 29.3 Å². The summed E-state index contributed by atoms with van der Waals surface area (Å²) in [7, 11) is 0. The van der Waals surface area contributed by atoms with E-state index in [-0.39, 0.29) is 0 Å². The number of halogens is 2. The van der Waals surface area contributed by atoms with Crippen LogP contribution in [0.15, 0.2) is 36.5 Å². The molecule has 2 nitrogen and oxygen atoms in total. The first kappa shape index (κ1) is 10.3. The molecule has 0 saturated carbocycles. The predicted molar refractivity (Wildman–Crippen MR) is 64.1 cm³/mol. The average molecular weight is 239 g/mol. The minimum absolute atomic E-state index is 0.485. The summed E-state index contributed by atoms with van der Waals surface area (Å²) in [6.07, 6.45) is 1.66. The van der Waals surface area contributed by atoms with Crippen LogP contribution in [0.3, 0.4) is 0 Å². The molecule has 4 heteroatoms. The molecule has 15 heavy (non-hydrogen) atoms. The number of hydrogen-bond donors (Lipinski definition) is 1. The number of aromatic nitrogens is 1. The van der Waals surface area contributed by atoms with Crippen molar-refractivity contribution in [1.29, 1.82) is 0 Å². The van der Waals surface area contributed by atoms with Gasteiger partial charge in [-0.15, -0.1) is 0 Å². The summed E-state index contributed by atoms with van der Waals surface area (Å²) in [5, 5.41) is 1.08. The number of pyridine rings is 1. The second kappa shape index (κ2) is 4.09. The molecule has 2 N–H and O–H groups in total. The second-order valence-corrected chi connectivity index (χ2v) is 3.91. The van der Waals surface area contributed by atoms with E-state index < -0.39 is 0 Å². The fraction of sp³-hybridized carbons (Fsp3) is 0. The van der Waals surface area contributed by atoms with Gasteiger partial charge in [-0.05, 0) is 35.4 Å². The van der Waals surface area contributed by atoms with Gasteiger partial charge >= 0.3 is 0 Å². The lowest BCUT2D eigenvalue weighted by molar-refractivity contribution is 1.34. The lowest BCUT2D eigenvalue weighted by Crippen LogP contribution is -1.89. The van der Waals surface area contributed by atoms with E-state index in [1.165, 1.54) is 0 Å². The molecular formula is C11H8Cl2N2. The number of nitrogens with zero attached hydrogens (tertiary/aromatic N) is 1. The highest BCUT2D eigenvalue weighted by molar-refractivity contribution is 6.42. The Morgan fingerprint density at radius 2 is 1.67 bits per heavy atom. The quantitative estimate of drug-likeness (QED) is 0.825. The third-order valence-electron chi connectivity index (χ3n) is 2.03. The van der Waals surface area contributed by atoms with Gasteiger partial charge in [-0.2, -0.15) is 0 Å².